The zero-order chi connectivity index (χ0) is 17.4. The van der Waals surface area contributed by atoms with E-state index in [1.54, 1.807) is 19.2 Å². The van der Waals surface area contributed by atoms with E-state index in [9.17, 15) is 5.11 Å². The van der Waals surface area contributed by atoms with Crippen molar-refractivity contribution in [3.05, 3.63) is 69.3 Å². The first-order chi connectivity index (χ1) is 11.4. The Morgan fingerprint density at radius 2 is 2.00 bits per heavy atom. The van der Waals surface area contributed by atoms with E-state index in [1.807, 2.05) is 19.1 Å². The normalized spacial score (nSPS) is 11.0. The number of benzene rings is 2. The first-order valence-electron chi connectivity index (χ1n) is 7.42. The minimum atomic E-state index is -0.0739. The number of aryl methyl sites for hydroxylation is 1. The molecule has 3 rings (SSSR count). The number of fused-ring (bicyclic) bond motifs is 1. The second-order valence-electron chi connectivity index (χ2n) is 5.71. The van der Waals surface area contributed by atoms with Crippen molar-refractivity contribution in [1.29, 1.82) is 0 Å². The molecule has 0 unspecified atom stereocenters. The van der Waals surface area contributed by atoms with Crippen molar-refractivity contribution in [2.24, 2.45) is 0 Å². The fourth-order valence-corrected chi connectivity index (χ4v) is 3.44. The van der Waals surface area contributed by atoms with Gasteiger partial charge in [-0.3, -0.25) is 0 Å². The summed E-state index contributed by atoms with van der Waals surface area (Å²) < 4.78 is 5.31. The molecule has 3 aromatic rings. The number of hydrogen-bond acceptors (Lipinski definition) is 2. The Hall–Kier alpha value is -2.10. The lowest BCUT2D eigenvalue weighted by Gasteiger charge is -2.10. The zero-order valence-electron chi connectivity index (χ0n) is 13.4. The van der Waals surface area contributed by atoms with Crippen LogP contribution >= 0.6 is 23.2 Å². The van der Waals surface area contributed by atoms with Gasteiger partial charge in [-0.25, -0.2) is 0 Å². The van der Waals surface area contributed by atoms with Crippen LogP contribution in [0.2, 0.25) is 10.0 Å². The molecular weight excluding hydrogens is 345 g/mol. The van der Waals surface area contributed by atoms with Gasteiger partial charge in [-0.05, 0) is 42.3 Å². The highest BCUT2D eigenvalue weighted by Crippen LogP contribution is 2.34. The second-order valence-corrected chi connectivity index (χ2v) is 6.50. The fraction of sp³-hybridized carbons (Fsp3) is 0.158. The standard InChI is InChI=1S/C19H17Cl2NO2/c1-10-6-13(24-3)9-18-15(10)7-12(22-18)8-16-17(20)5-4-14(11(2)23)19(16)21/h4-7,9,22-23H,2,8H2,1,3H3. The summed E-state index contributed by atoms with van der Waals surface area (Å²) in [5.41, 5.74) is 4.34. The van der Waals surface area contributed by atoms with Crippen LogP contribution in [0.5, 0.6) is 5.75 Å². The first-order valence-corrected chi connectivity index (χ1v) is 8.17. The van der Waals surface area contributed by atoms with Crippen molar-refractivity contribution in [2.45, 2.75) is 13.3 Å². The lowest BCUT2D eigenvalue weighted by Crippen LogP contribution is -1.95. The molecule has 2 N–H and O–H groups in total. The summed E-state index contributed by atoms with van der Waals surface area (Å²) in [6.45, 7) is 5.58. The molecule has 1 aromatic heterocycles. The quantitative estimate of drug-likeness (QED) is 0.567. The highest BCUT2D eigenvalue weighted by Gasteiger charge is 2.15. The molecule has 24 heavy (non-hydrogen) atoms. The van der Waals surface area contributed by atoms with E-state index in [0.717, 1.165) is 33.5 Å². The second kappa shape index (κ2) is 6.42. The van der Waals surface area contributed by atoms with Crippen molar-refractivity contribution >= 4 is 39.9 Å². The molecule has 3 nitrogen and oxygen atoms in total. The molecule has 0 fully saturated rings. The lowest BCUT2D eigenvalue weighted by molar-refractivity contribution is 0.415. The van der Waals surface area contributed by atoms with Gasteiger partial charge in [-0.1, -0.05) is 29.8 Å². The maximum atomic E-state index is 9.65. The molecule has 0 spiro atoms. The third-order valence-electron chi connectivity index (χ3n) is 4.07. The van der Waals surface area contributed by atoms with Gasteiger partial charge in [-0.15, -0.1) is 0 Å². The number of methoxy groups -OCH3 is 1. The van der Waals surface area contributed by atoms with E-state index in [4.69, 9.17) is 27.9 Å². The van der Waals surface area contributed by atoms with Gasteiger partial charge >= 0.3 is 0 Å². The highest BCUT2D eigenvalue weighted by atomic mass is 35.5. The highest BCUT2D eigenvalue weighted by molar-refractivity contribution is 6.37. The molecule has 0 aliphatic carbocycles. The van der Waals surface area contributed by atoms with Crippen LogP contribution in [0.15, 0.2) is 36.9 Å². The zero-order valence-corrected chi connectivity index (χ0v) is 14.9. The Labute approximate surface area is 150 Å². The summed E-state index contributed by atoms with van der Waals surface area (Å²) in [7, 11) is 1.65. The summed E-state index contributed by atoms with van der Waals surface area (Å²) in [5.74, 6) is 0.734. The average Bonchev–Trinajstić information content (AvgIpc) is 2.94. The molecule has 0 saturated heterocycles. The summed E-state index contributed by atoms with van der Waals surface area (Å²) in [4.78, 5) is 3.38. The van der Waals surface area contributed by atoms with Gasteiger partial charge in [0, 0.05) is 39.7 Å². The number of aromatic amines is 1. The molecule has 5 heteroatoms. The van der Waals surface area contributed by atoms with Crippen molar-refractivity contribution < 1.29 is 9.84 Å². The van der Waals surface area contributed by atoms with E-state index >= 15 is 0 Å². The first kappa shape index (κ1) is 16.7. The van der Waals surface area contributed by atoms with Gasteiger partial charge in [0.05, 0.1) is 12.1 Å². The van der Waals surface area contributed by atoms with E-state index in [1.165, 1.54) is 0 Å². The Morgan fingerprint density at radius 1 is 1.25 bits per heavy atom. The number of aliphatic hydroxyl groups is 1. The lowest BCUT2D eigenvalue weighted by atomic mass is 10.0. The maximum absolute atomic E-state index is 9.65. The number of hydrogen-bond donors (Lipinski definition) is 2. The summed E-state index contributed by atoms with van der Waals surface area (Å²) in [5, 5.41) is 11.7. The fourth-order valence-electron chi connectivity index (χ4n) is 2.83. The number of H-pyrrole nitrogens is 1. The van der Waals surface area contributed by atoms with Crippen LogP contribution in [0.1, 0.15) is 22.4 Å². The van der Waals surface area contributed by atoms with E-state index in [2.05, 4.69) is 17.6 Å². The van der Waals surface area contributed by atoms with E-state index in [-0.39, 0.29) is 5.76 Å². The monoisotopic (exact) mass is 361 g/mol. The Balaban J connectivity index is 2.06. The van der Waals surface area contributed by atoms with Gasteiger partial charge in [0.1, 0.15) is 11.5 Å². The molecule has 2 aromatic carbocycles. The van der Waals surface area contributed by atoms with E-state index < -0.39 is 0 Å². The van der Waals surface area contributed by atoms with Crippen molar-refractivity contribution in [2.75, 3.05) is 7.11 Å². The summed E-state index contributed by atoms with van der Waals surface area (Å²) in [6, 6.07) is 9.42. The van der Waals surface area contributed by atoms with E-state index in [0.29, 0.717) is 22.0 Å². The van der Waals surface area contributed by atoms with Gasteiger partial charge in [0.2, 0.25) is 0 Å². The van der Waals surface area contributed by atoms with Crippen LogP contribution in [0.25, 0.3) is 16.7 Å². The maximum Gasteiger partial charge on any atom is 0.121 e. The van der Waals surface area contributed by atoms with Crippen LogP contribution in [-0.4, -0.2) is 17.2 Å². The third-order valence-corrected chi connectivity index (χ3v) is 4.86. The number of ether oxygens (including phenoxy) is 1. The van der Waals surface area contributed by atoms with Gasteiger partial charge in [0.25, 0.3) is 0 Å². The Bertz CT molecular complexity index is 944. The molecule has 0 atom stereocenters. The summed E-state index contributed by atoms with van der Waals surface area (Å²) in [6.07, 6.45) is 0.523. The van der Waals surface area contributed by atoms with Crippen LogP contribution in [0, 0.1) is 6.92 Å². The van der Waals surface area contributed by atoms with Crippen molar-refractivity contribution in [3.63, 3.8) is 0 Å². The molecule has 0 saturated carbocycles. The third kappa shape index (κ3) is 2.97. The molecule has 0 radical (unpaired) electrons. The number of halogens is 2. The topological polar surface area (TPSA) is 45.2 Å². The Morgan fingerprint density at radius 3 is 2.67 bits per heavy atom. The molecule has 1 heterocycles. The number of aliphatic hydroxyl groups excluding tert-OH is 1. The summed E-state index contributed by atoms with van der Waals surface area (Å²) >= 11 is 12.7. The molecule has 0 aliphatic rings. The number of nitrogens with one attached hydrogen (secondary N) is 1. The smallest absolute Gasteiger partial charge is 0.121 e. The predicted molar refractivity (Wildman–Crippen MR) is 101 cm³/mol. The van der Waals surface area contributed by atoms with Crippen molar-refractivity contribution in [1.82, 2.24) is 4.98 Å². The molecule has 0 aliphatic heterocycles. The Kier molecular flexibility index (Phi) is 4.48. The van der Waals surface area contributed by atoms with Gasteiger partial charge in [0.15, 0.2) is 0 Å². The number of rotatable bonds is 4. The van der Waals surface area contributed by atoms with Gasteiger partial charge < -0.3 is 14.8 Å². The number of aromatic nitrogens is 1. The largest absolute Gasteiger partial charge is 0.508 e. The minimum Gasteiger partial charge on any atom is -0.508 e. The SMILES string of the molecule is C=C(O)c1ccc(Cl)c(Cc2cc3c(C)cc(OC)cc3[nH]2)c1Cl. The average molecular weight is 362 g/mol. The van der Waals surface area contributed by atoms with Crippen LogP contribution in [0.3, 0.4) is 0 Å². The predicted octanol–water partition coefficient (Wildman–Crippen LogP) is 5.91. The van der Waals surface area contributed by atoms with Crippen LogP contribution < -0.4 is 4.74 Å². The molecular formula is C19H17Cl2NO2. The van der Waals surface area contributed by atoms with Crippen LogP contribution in [-0.2, 0) is 6.42 Å². The van der Waals surface area contributed by atoms with Gasteiger partial charge in [-0.2, -0.15) is 0 Å². The molecule has 0 amide bonds. The van der Waals surface area contributed by atoms with Crippen LogP contribution in [0.4, 0.5) is 0 Å². The minimum absolute atomic E-state index is 0.0739. The van der Waals surface area contributed by atoms with Crippen molar-refractivity contribution in [3.8, 4) is 5.75 Å². The molecule has 0 bridgehead atoms. The molecule has 124 valence electrons.